The molecule has 1 heterocycles. The van der Waals surface area contributed by atoms with Gasteiger partial charge in [0.1, 0.15) is 11.5 Å². The number of hydrogen-bond donors (Lipinski definition) is 0. The lowest BCUT2D eigenvalue weighted by molar-refractivity contribution is -0.134. The van der Waals surface area contributed by atoms with Gasteiger partial charge in [0, 0.05) is 25.9 Å². The van der Waals surface area contributed by atoms with Crippen molar-refractivity contribution in [3.8, 4) is 5.75 Å². The minimum Gasteiger partial charge on any atom is -0.493 e. The Morgan fingerprint density at radius 3 is 2.29 bits per heavy atom. The molecule has 0 aliphatic carbocycles. The number of Topliss-reactive ketones (excluding diaryl/α,β-unsaturated/α-hetero) is 1. The molecule has 2 rings (SSSR count). The molecular weight excluding hydrogens is 266 g/mol. The van der Waals surface area contributed by atoms with Crippen molar-refractivity contribution < 1.29 is 14.3 Å². The van der Waals surface area contributed by atoms with Crippen LogP contribution in [0.15, 0.2) is 12.1 Å². The minimum absolute atomic E-state index is 0.0740. The average molecular weight is 289 g/mol. The van der Waals surface area contributed by atoms with Gasteiger partial charge in [-0.3, -0.25) is 9.59 Å². The van der Waals surface area contributed by atoms with Gasteiger partial charge >= 0.3 is 0 Å². The number of carbonyl (C=O) groups excluding carboxylic acids is 2. The van der Waals surface area contributed by atoms with Gasteiger partial charge in [-0.1, -0.05) is 17.7 Å². The van der Waals surface area contributed by atoms with E-state index in [9.17, 15) is 9.59 Å². The molecule has 0 unspecified atom stereocenters. The number of aryl methyl sites for hydroxylation is 3. The van der Waals surface area contributed by atoms with Crippen LogP contribution >= 0.6 is 0 Å². The molecule has 0 bridgehead atoms. The number of ketones is 1. The number of rotatable bonds is 4. The van der Waals surface area contributed by atoms with Crippen molar-refractivity contribution in [1.29, 1.82) is 0 Å². The predicted molar refractivity (Wildman–Crippen MR) is 81.6 cm³/mol. The third-order valence-corrected chi connectivity index (χ3v) is 3.84. The van der Waals surface area contributed by atoms with Gasteiger partial charge in [0.05, 0.1) is 13.0 Å². The molecule has 1 aliphatic heterocycles. The van der Waals surface area contributed by atoms with Gasteiger partial charge in [-0.05, 0) is 31.9 Å². The third-order valence-electron chi connectivity index (χ3n) is 3.84. The lowest BCUT2D eigenvalue weighted by Gasteiger charge is -2.26. The van der Waals surface area contributed by atoms with E-state index in [1.54, 1.807) is 4.90 Å². The maximum absolute atomic E-state index is 12.1. The second kappa shape index (κ2) is 6.74. The first kappa shape index (κ1) is 15.5. The molecular formula is C17H23NO3. The van der Waals surface area contributed by atoms with Gasteiger partial charge < -0.3 is 9.64 Å². The summed E-state index contributed by atoms with van der Waals surface area (Å²) >= 11 is 0. The number of nitrogens with zero attached hydrogens (tertiary/aromatic N) is 1. The molecule has 0 aromatic heterocycles. The predicted octanol–water partition coefficient (Wildman–Crippen LogP) is 2.57. The number of benzene rings is 1. The van der Waals surface area contributed by atoms with Gasteiger partial charge in [0.15, 0.2) is 0 Å². The fourth-order valence-electron chi connectivity index (χ4n) is 2.80. The van der Waals surface area contributed by atoms with Crippen LogP contribution in [0.4, 0.5) is 0 Å². The number of piperidine rings is 1. The Kier molecular flexibility index (Phi) is 4.99. The topological polar surface area (TPSA) is 46.6 Å². The fourth-order valence-corrected chi connectivity index (χ4v) is 2.80. The Morgan fingerprint density at radius 1 is 1.14 bits per heavy atom. The van der Waals surface area contributed by atoms with Crippen LogP contribution in [0, 0.1) is 20.8 Å². The number of ether oxygens (including phenoxy) is 1. The van der Waals surface area contributed by atoms with Crippen molar-refractivity contribution in [2.75, 3.05) is 19.7 Å². The molecule has 1 aromatic carbocycles. The van der Waals surface area contributed by atoms with Crippen molar-refractivity contribution in [3.05, 3.63) is 28.8 Å². The first-order valence-corrected chi connectivity index (χ1v) is 7.47. The number of likely N-dealkylation sites (tertiary alicyclic amines) is 1. The molecule has 1 amide bonds. The smallest absolute Gasteiger partial charge is 0.226 e. The first-order valence-electron chi connectivity index (χ1n) is 7.47. The average Bonchev–Trinajstić information content (AvgIpc) is 2.42. The van der Waals surface area contributed by atoms with Gasteiger partial charge in [0.2, 0.25) is 5.91 Å². The summed E-state index contributed by atoms with van der Waals surface area (Å²) in [5.41, 5.74) is 3.42. The minimum atomic E-state index is 0.0740. The SMILES string of the molecule is Cc1cc(C)c(OCCC(=O)N2CCC(=O)CC2)c(C)c1. The van der Waals surface area contributed by atoms with E-state index in [2.05, 4.69) is 19.1 Å². The van der Waals surface area contributed by atoms with Gasteiger partial charge in [-0.2, -0.15) is 0 Å². The molecule has 21 heavy (non-hydrogen) atoms. The standard InChI is InChI=1S/C17H23NO3/c1-12-10-13(2)17(14(3)11-12)21-9-6-16(20)18-7-4-15(19)5-8-18/h10-11H,4-9H2,1-3H3. The molecule has 1 fully saturated rings. The lowest BCUT2D eigenvalue weighted by atomic mass is 10.1. The van der Waals surface area contributed by atoms with Gasteiger partial charge in [-0.15, -0.1) is 0 Å². The lowest BCUT2D eigenvalue weighted by Crippen LogP contribution is -2.39. The molecule has 4 nitrogen and oxygen atoms in total. The zero-order chi connectivity index (χ0) is 15.4. The van der Waals surface area contributed by atoms with Crippen LogP contribution in [0.5, 0.6) is 5.75 Å². The second-order valence-corrected chi connectivity index (χ2v) is 5.75. The molecule has 1 aliphatic rings. The van der Waals surface area contributed by atoms with Crippen molar-refractivity contribution >= 4 is 11.7 Å². The zero-order valence-corrected chi connectivity index (χ0v) is 13.1. The van der Waals surface area contributed by atoms with E-state index in [1.165, 1.54) is 5.56 Å². The Balaban J connectivity index is 1.84. The third kappa shape index (κ3) is 4.06. The molecule has 0 saturated carbocycles. The second-order valence-electron chi connectivity index (χ2n) is 5.75. The Labute approximate surface area is 126 Å². The molecule has 0 N–H and O–H groups in total. The number of carbonyl (C=O) groups is 2. The summed E-state index contributed by atoms with van der Waals surface area (Å²) in [6.07, 6.45) is 1.34. The summed E-state index contributed by atoms with van der Waals surface area (Å²) in [7, 11) is 0. The van der Waals surface area contributed by atoms with E-state index in [4.69, 9.17) is 4.74 Å². The highest BCUT2D eigenvalue weighted by molar-refractivity contribution is 5.83. The van der Waals surface area contributed by atoms with Crippen LogP contribution in [-0.2, 0) is 9.59 Å². The maximum atomic E-state index is 12.1. The fraction of sp³-hybridized carbons (Fsp3) is 0.529. The highest BCUT2D eigenvalue weighted by atomic mass is 16.5. The van der Waals surface area contributed by atoms with Crippen LogP contribution < -0.4 is 4.74 Å². The maximum Gasteiger partial charge on any atom is 0.226 e. The summed E-state index contributed by atoms with van der Waals surface area (Å²) in [4.78, 5) is 25.0. The highest BCUT2D eigenvalue weighted by Crippen LogP contribution is 2.24. The number of hydrogen-bond acceptors (Lipinski definition) is 3. The normalized spacial score (nSPS) is 15.2. The molecule has 1 saturated heterocycles. The van der Waals surface area contributed by atoms with E-state index in [1.807, 2.05) is 13.8 Å². The van der Waals surface area contributed by atoms with Gasteiger partial charge in [-0.25, -0.2) is 0 Å². The Hall–Kier alpha value is -1.84. The van der Waals surface area contributed by atoms with Crippen molar-refractivity contribution in [2.24, 2.45) is 0 Å². The Bertz CT molecular complexity index is 518. The summed E-state index contributed by atoms with van der Waals surface area (Å²) in [5.74, 6) is 1.20. The summed E-state index contributed by atoms with van der Waals surface area (Å²) < 4.78 is 5.79. The molecule has 1 aromatic rings. The molecule has 0 radical (unpaired) electrons. The summed E-state index contributed by atoms with van der Waals surface area (Å²) in [6, 6.07) is 4.17. The monoisotopic (exact) mass is 289 g/mol. The van der Waals surface area contributed by atoms with Crippen LogP contribution in [0.3, 0.4) is 0 Å². The molecule has 114 valence electrons. The molecule has 0 atom stereocenters. The van der Waals surface area contributed by atoms with E-state index in [0.29, 0.717) is 39.0 Å². The molecule has 0 spiro atoms. The summed E-state index contributed by atoms with van der Waals surface area (Å²) in [6.45, 7) is 7.60. The zero-order valence-electron chi connectivity index (χ0n) is 13.1. The highest BCUT2D eigenvalue weighted by Gasteiger charge is 2.20. The van der Waals surface area contributed by atoms with Crippen LogP contribution in [-0.4, -0.2) is 36.3 Å². The van der Waals surface area contributed by atoms with Crippen molar-refractivity contribution in [3.63, 3.8) is 0 Å². The van der Waals surface area contributed by atoms with Crippen molar-refractivity contribution in [1.82, 2.24) is 4.90 Å². The van der Waals surface area contributed by atoms with E-state index in [0.717, 1.165) is 16.9 Å². The van der Waals surface area contributed by atoms with E-state index in [-0.39, 0.29) is 11.7 Å². The Morgan fingerprint density at radius 2 is 1.71 bits per heavy atom. The van der Waals surface area contributed by atoms with Crippen LogP contribution in [0.2, 0.25) is 0 Å². The number of amides is 1. The quantitative estimate of drug-likeness (QED) is 0.856. The van der Waals surface area contributed by atoms with E-state index >= 15 is 0 Å². The first-order chi connectivity index (χ1) is 9.97. The van der Waals surface area contributed by atoms with E-state index < -0.39 is 0 Å². The van der Waals surface area contributed by atoms with Crippen LogP contribution in [0.25, 0.3) is 0 Å². The summed E-state index contributed by atoms with van der Waals surface area (Å²) in [5, 5.41) is 0. The largest absolute Gasteiger partial charge is 0.493 e. The van der Waals surface area contributed by atoms with Crippen LogP contribution in [0.1, 0.15) is 36.0 Å². The van der Waals surface area contributed by atoms with Gasteiger partial charge in [0.25, 0.3) is 0 Å². The molecule has 4 heteroatoms. The van der Waals surface area contributed by atoms with Crippen molar-refractivity contribution in [2.45, 2.75) is 40.0 Å².